The number of carbonyl (C=O) groups is 1. The normalized spacial score (nSPS) is 16.7. The molecule has 2 aromatic rings. The summed E-state index contributed by atoms with van der Waals surface area (Å²) < 4.78 is 47.9. The smallest absolute Gasteiger partial charge is 0.492 e. The number of alkyl halides is 3. The second-order valence-corrected chi connectivity index (χ2v) is 6.56. The summed E-state index contributed by atoms with van der Waals surface area (Å²) in [6, 6.07) is 11.1. The number of halogens is 3. The van der Waals surface area contributed by atoms with Crippen molar-refractivity contribution in [1.29, 1.82) is 0 Å². The number of Topliss-reactive ketones (excluding diaryl/α,β-unsaturated/α-hetero) is 1. The van der Waals surface area contributed by atoms with Gasteiger partial charge in [-0.3, -0.25) is 4.79 Å². The molecule has 0 amide bonds. The first kappa shape index (κ1) is 20.0. The van der Waals surface area contributed by atoms with Gasteiger partial charge >= 0.3 is 6.36 Å². The summed E-state index contributed by atoms with van der Waals surface area (Å²) in [4.78, 5) is 13.0. The van der Waals surface area contributed by atoms with E-state index in [-0.39, 0.29) is 23.7 Å². The van der Waals surface area contributed by atoms with E-state index in [0.29, 0.717) is 11.3 Å². The van der Waals surface area contributed by atoms with Crippen molar-refractivity contribution in [3.8, 4) is 11.5 Å². The average molecular weight is 390 g/mol. The molecule has 0 radical (unpaired) electrons. The van der Waals surface area contributed by atoms with E-state index in [9.17, 15) is 18.0 Å². The molecule has 0 spiro atoms. The van der Waals surface area contributed by atoms with Crippen molar-refractivity contribution in [1.82, 2.24) is 0 Å². The van der Waals surface area contributed by atoms with E-state index in [1.54, 1.807) is 18.2 Å². The zero-order chi connectivity index (χ0) is 20.1. The number of aryl methyl sites for hydroxylation is 1. The lowest BCUT2D eigenvalue weighted by Crippen LogP contribution is -2.27. The van der Waals surface area contributed by atoms with E-state index in [1.807, 2.05) is 6.07 Å². The SMILES string of the molecule is CC/C=C\CCc1ccc2c(c1)C(=O)C(c1ccccc1OC(F)(F)F)CO2. The molecule has 0 N–H and O–H groups in total. The zero-order valence-corrected chi connectivity index (χ0v) is 15.5. The van der Waals surface area contributed by atoms with Gasteiger partial charge in [0, 0.05) is 5.56 Å². The molecule has 3 rings (SSSR count). The molecule has 2 aromatic carbocycles. The Morgan fingerprint density at radius 3 is 2.71 bits per heavy atom. The number of ketones is 1. The fourth-order valence-electron chi connectivity index (χ4n) is 3.24. The fourth-order valence-corrected chi connectivity index (χ4v) is 3.24. The molecule has 0 aliphatic carbocycles. The molecule has 148 valence electrons. The first-order valence-corrected chi connectivity index (χ1v) is 9.18. The number of rotatable bonds is 6. The number of ether oxygens (including phenoxy) is 2. The lowest BCUT2D eigenvalue weighted by Gasteiger charge is -2.26. The second kappa shape index (κ2) is 8.50. The Hall–Kier alpha value is -2.76. The highest BCUT2D eigenvalue weighted by atomic mass is 19.4. The van der Waals surface area contributed by atoms with Crippen molar-refractivity contribution < 1.29 is 27.4 Å². The molecule has 0 saturated carbocycles. The van der Waals surface area contributed by atoms with Gasteiger partial charge in [-0.1, -0.05) is 43.3 Å². The maximum Gasteiger partial charge on any atom is 0.573 e. The maximum absolute atomic E-state index is 13.0. The quantitative estimate of drug-likeness (QED) is 0.581. The number of fused-ring (bicyclic) bond motifs is 1. The van der Waals surface area contributed by atoms with Crippen molar-refractivity contribution >= 4 is 5.78 Å². The van der Waals surface area contributed by atoms with Crippen LogP contribution in [0.2, 0.25) is 0 Å². The number of hydrogen-bond donors (Lipinski definition) is 0. The predicted molar refractivity (Wildman–Crippen MR) is 99.9 cm³/mol. The van der Waals surface area contributed by atoms with Gasteiger partial charge in [-0.05, 0) is 43.0 Å². The Morgan fingerprint density at radius 1 is 1.18 bits per heavy atom. The third kappa shape index (κ3) is 4.74. The number of para-hydroxylation sites is 1. The molecule has 0 aromatic heterocycles. The van der Waals surface area contributed by atoms with Crippen LogP contribution >= 0.6 is 0 Å². The summed E-state index contributed by atoms with van der Waals surface area (Å²) in [7, 11) is 0. The summed E-state index contributed by atoms with van der Waals surface area (Å²) in [6.07, 6.45) is 1.94. The predicted octanol–water partition coefficient (Wildman–Crippen LogP) is 5.84. The minimum absolute atomic E-state index is 0.0252. The molecule has 1 unspecified atom stereocenters. The maximum atomic E-state index is 13.0. The number of benzene rings is 2. The van der Waals surface area contributed by atoms with Crippen LogP contribution in [0.4, 0.5) is 13.2 Å². The van der Waals surface area contributed by atoms with Gasteiger partial charge in [0.05, 0.1) is 11.5 Å². The largest absolute Gasteiger partial charge is 0.573 e. The van der Waals surface area contributed by atoms with Crippen molar-refractivity contribution in [3.05, 3.63) is 71.3 Å². The minimum Gasteiger partial charge on any atom is -0.492 e. The number of allylic oxidation sites excluding steroid dienone is 2. The lowest BCUT2D eigenvalue weighted by molar-refractivity contribution is -0.275. The summed E-state index contributed by atoms with van der Waals surface area (Å²) in [5, 5.41) is 0. The Labute approximate surface area is 161 Å². The van der Waals surface area contributed by atoms with Gasteiger partial charge in [-0.25, -0.2) is 0 Å². The van der Waals surface area contributed by atoms with Crippen LogP contribution in [0.1, 0.15) is 47.2 Å². The number of carbonyl (C=O) groups excluding carboxylic acids is 1. The highest BCUT2D eigenvalue weighted by Gasteiger charge is 2.36. The topological polar surface area (TPSA) is 35.5 Å². The van der Waals surface area contributed by atoms with E-state index >= 15 is 0 Å². The van der Waals surface area contributed by atoms with Gasteiger partial charge in [-0.2, -0.15) is 0 Å². The Morgan fingerprint density at radius 2 is 1.96 bits per heavy atom. The molecule has 0 saturated heterocycles. The monoisotopic (exact) mass is 390 g/mol. The van der Waals surface area contributed by atoms with Gasteiger partial charge in [0.2, 0.25) is 0 Å². The summed E-state index contributed by atoms with van der Waals surface area (Å²) in [6.45, 7) is 2.04. The fraction of sp³-hybridized carbons (Fsp3) is 0.318. The van der Waals surface area contributed by atoms with Crippen LogP contribution in [-0.2, 0) is 6.42 Å². The molecule has 0 fully saturated rings. The highest BCUT2D eigenvalue weighted by molar-refractivity contribution is 6.04. The van der Waals surface area contributed by atoms with Crippen molar-refractivity contribution in [2.75, 3.05) is 6.61 Å². The van der Waals surface area contributed by atoms with Gasteiger partial charge in [0.25, 0.3) is 0 Å². The standard InChI is InChI=1S/C22H21F3O3/c1-2-3-4-5-8-15-11-12-19-17(13-15)21(26)18(14-27-19)16-9-6-7-10-20(16)28-22(23,24)25/h3-4,6-7,9-13,18H,2,5,8,14H2,1H3/b4-3-. The molecule has 0 bridgehead atoms. The third-order valence-electron chi connectivity index (χ3n) is 4.55. The Bertz CT molecular complexity index is 872. The minimum atomic E-state index is -4.83. The molecule has 6 heteroatoms. The summed E-state index contributed by atoms with van der Waals surface area (Å²) in [5.41, 5.74) is 1.55. The van der Waals surface area contributed by atoms with Crippen LogP contribution in [0.15, 0.2) is 54.6 Å². The molecule has 28 heavy (non-hydrogen) atoms. The van der Waals surface area contributed by atoms with Crippen LogP contribution < -0.4 is 9.47 Å². The highest BCUT2D eigenvalue weighted by Crippen LogP contribution is 2.38. The van der Waals surface area contributed by atoms with Crippen LogP contribution in [0.5, 0.6) is 11.5 Å². The van der Waals surface area contributed by atoms with Gasteiger partial charge in [0.15, 0.2) is 5.78 Å². The number of hydrogen-bond acceptors (Lipinski definition) is 3. The van der Waals surface area contributed by atoms with E-state index in [0.717, 1.165) is 24.8 Å². The van der Waals surface area contributed by atoms with E-state index in [1.165, 1.54) is 18.2 Å². The lowest BCUT2D eigenvalue weighted by atomic mass is 9.87. The van der Waals surface area contributed by atoms with Gasteiger partial charge in [0.1, 0.15) is 18.1 Å². The van der Waals surface area contributed by atoms with Crippen LogP contribution in [-0.4, -0.2) is 18.8 Å². The van der Waals surface area contributed by atoms with E-state index < -0.39 is 12.3 Å². The molecule has 1 atom stereocenters. The van der Waals surface area contributed by atoms with Crippen LogP contribution in [0, 0.1) is 0 Å². The van der Waals surface area contributed by atoms with Crippen molar-refractivity contribution in [3.63, 3.8) is 0 Å². The third-order valence-corrected chi connectivity index (χ3v) is 4.55. The molecular weight excluding hydrogens is 369 g/mol. The van der Waals surface area contributed by atoms with E-state index in [2.05, 4.69) is 23.8 Å². The zero-order valence-electron chi connectivity index (χ0n) is 15.5. The first-order valence-electron chi connectivity index (χ1n) is 9.18. The molecule has 3 nitrogen and oxygen atoms in total. The molecular formula is C22H21F3O3. The van der Waals surface area contributed by atoms with Crippen molar-refractivity contribution in [2.45, 2.75) is 38.5 Å². The average Bonchev–Trinajstić information content (AvgIpc) is 2.65. The van der Waals surface area contributed by atoms with Gasteiger partial charge in [-0.15, -0.1) is 13.2 Å². The van der Waals surface area contributed by atoms with Crippen LogP contribution in [0.3, 0.4) is 0 Å². The van der Waals surface area contributed by atoms with Gasteiger partial charge < -0.3 is 9.47 Å². The summed E-state index contributed by atoms with van der Waals surface area (Å²) >= 11 is 0. The van der Waals surface area contributed by atoms with Crippen molar-refractivity contribution in [2.24, 2.45) is 0 Å². The van der Waals surface area contributed by atoms with E-state index in [4.69, 9.17) is 4.74 Å². The second-order valence-electron chi connectivity index (χ2n) is 6.56. The summed E-state index contributed by atoms with van der Waals surface area (Å²) in [5.74, 6) is -1.02. The molecule has 1 aliphatic rings. The molecule has 1 aliphatic heterocycles. The molecule has 1 heterocycles. The Balaban J connectivity index is 1.85. The van der Waals surface area contributed by atoms with Crippen LogP contribution in [0.25, 0.3) is 0 Å². The Kier molecular flexibility index (Phi) is 6.07. The first-order chi connectivity index (χ1) is 13.4.